The molecule has 15 heavy (non-hydrogen) atoms. The third kappa shape index (κ3) is 2.66. The van der Waals surface area contributed by atoms with Crippen molar-refractivity contribution in [3.05, 3.63) is 35.9 Å². The van der Waals surface area contributed by atoms with Crippen LogP contribution in [-0.2, 0) is 19.3 Å². The third-order valence-electron chi connectivity index (χ3n) is 2.00. The molecule has 0 saturated heterocycles. The van der Waals surface area contributed by atoms with E-state index in [1.54, 1.807) is 6.26 Å². The van der Waals surface area contributed by atoms with Gasteiger partial charge in [-0.1, -0.05) is 0 Å². The number of aliphatic hydroxyl groups is 1. The van der Waals surface area contributed by atoms with Gasteiger partial charge in [0.15, 0.2) is 0 Å². The number of nitrogens with zero attached hydrogens (tertiary/aromatic N) is 2. The van der Waals surface area contributed by atoms with Gasteiger partial charge >= 0.3 is 0 Å². The molecule has 2 aromatic heterocycles. The summed E-state index contributed by atoms with van der Waals surface area (Å²) in [4.78, 5) is 0. The maximum atomic E-state index is 8.67. The summed E-state index contributed by atoms with van der Waals surface area (Å²) in [6.07, 6.45) is 3.45. The quantitative estimate of drug-likeness (QED) is 0.793. The Kier molecular flexibility index (Phi) is 3.14. The molecule has 0 saturated carbocycles. The van der Waals surface area contributed by atoms with E-state index in [0.717, 1.165) is 12.2 Å². The molecule has 0 radical (unpaired) electrons. The summed E-state index contributed by atoms with van der Waals surface area (Å²) in [5.41, 5.74) is 0. The lowest BCUT2D eigenvalue weighted by atomic mass is 10.2. The van der Waals surface area contributed by atoms with Gasteiger partial charge in [0.1, 0.15) is 5.76 Å². The highest BCUT2D eigenvalue weighted by molar-refractivity contribution is 4.99. The van der Waals surface area contributed by atoms with Crippen molar-refractivity contribution in [1.29, 1.82) is 0 Å². The van der Waals surface area contributed by atoms with Crippen LogP contribution in [0.3, 0.4) is 0 Å². The Labute approximate surface area is 86.7 Å². The van der Waals surface area contributed by atoms with E-state index in [-0.39, 0.29) is 6.61 Å². The topological polar surface area (TPSA) is 72.3 Å². The van der Waals surface area contributed by atoms with Crippen LogP contribution in [-0.4, -0.2) is 21.9 Å². The number of furan rings is 1. The second-order valence-corrected chi connectivity index (χ2v) is 3.14. The Hall–Kier alpha value is -1.62. The van der Waals surface area contributed by atoms with Crippen molar-refractivity contribution in [2.24, 2.45) is 0 Å². The Morgan fingerprint density at radius 3 is 2.60 bits per heavy atom. The molecule has 0 aromatic carbocycles. The van der Waals surface area contributed by atoms with Crippen LogP contribution in [0.4, 0.5) is 0 Å². The highest BCUT2D eigenvalue weighted by Crippen LogP contribution is 2.07. The van der Waals surface area contributed by atoms with Crippen molar-refractivity contribution in [2.45, 2.75) is 19.3 Å². The molecule has 2 aromatic rings. The van der Waals surface area contributed by atoms with Gasteiger partial charge < -0.3 is 13.9 Å². The summed E-state index contributed by atoms with van der Waals surface area (Å²) in [5, 5.41) is 16.3. The molecule has 0 spiro atoms. The number of aromatic nitrogens is 2. The van der Waals surface area contributed by atoms with Gasteiger partial charge in [-0.15, -0.1) is 10.2 Å². The van der Waals surface area contributed by atoms with Gasteiger partial charge in [0.2, 0.25) is 11.8 Å². The maximum absolute atomic E-state index is 8.67. The van der Waals surface area contributed by atoms with E-state index in [4.69, 9.17) is 13.9 Å². The van der Waals surface area contributed by atoms with Crippen LogP contribution in [0.15, 0.2) is 27.2 Å². The summed E-state index contributed by atoms with van der Waals surface area (Å²) in [5.74, 6) is 1.96. The molecule has 5 heteroatoms. The second-order valence-electron chi connectivity index (χ2n) is 3.14. The summed E-state index contributed by atoms with van der Waals surface area (Å²) < 4.78 is 10.5. The Balaban J connectivity index is 1.88. The molecule has 1 N–H and O–H groups in total. The van der Waals surface area contributed by atoms with E-state index in [9.17, 15) is 0 Å². The highest BCUT2D eigenvalue weighted by Gasteiger charge is 2.06. The lowest BCUT2D eigenvalue weighted by Crippen LogP contribution is -1.89. The largest absolute Gasteiger partial charge is 0.469 e. The average molecular weight is 208 g/mol. The second kappa shape index (κ2) is 4.75. The molecule has 0 fully saturated rings. The molecule has 0 amide bonds. The first-order valence-electron chi connectivity index (χ1n) is 4.83. The summed E-state index contributed by atoms with van der Waals surface area (Å²) in [7, 11) is 0. The van der Waals surface area contributed by atoms with Crippen molar-refractivity contribution in [3.63, 3.8) is 0 Å². The zero-order valence-electron chi connectivity index (χ0n) is 8.22. The van der Waals surface area contributed by atoms with E-state index in [1.165, 1.54) is 0 Å². The van der Waals surface area contributed by atoms with Crippen LogP contribution >= 0.6 is 0 Å². The van der Waals surface area contributed by atoms with Crippen molar-refractivity contribution in [1.82, 2.24) is 10.2 Å². The van der Waals surface area contributed by atoms with Crippen molar-refractivity contribution in [2.75, 3.05) is 6.61 Å². The molecule has 0 atom stereocenters. The van der Waals surface area contributed by atoms with Crippen LogP contribution in [0.1, 0.15) is 17.5 Å². The molecule has 2 heterocycles. The predicted molar refractivity (Wildman–Crippen MR) is 51.2 cm³/mol. The van der Waals surface area contributed by atoms with E-state index in [2.05, 4.69) is 10.2 Å². The van der Waals surface area contributed by atoms with Crippen LogP contribution in [0.25, 0.3) is 0 Å². The fourth-order valence-electron chi connectivity index (χ4n) is 1.27. The number of hydrogen-bond acceptors (Lipinski definition) is 5. The van der Waals surface area contributed by atoms with Gasteiger partial charge in [0, 0.05) is 19.3 Å². The number of aliphatic hydroxyl groups excluding tert-OH is 1. The van der Waals surface area contributed by atoms with Gasteiger partial charge in [-0.25, -0.2) is 0 Å². The monoisotopic (exact) mass is 208 g/mol. The first kappa shape index (κ1) is 9.92. The minimum atomic E-state index is 0.0276. The smallest absolute Gasteiger partial charge is 0.218 e. The lowest BCUT2D eigenvalue weighted by Gasteiger charge is -1.91. The Bertz CT molecular complexity index is 394. The zero-order chi connectivity index (χ0) is 10.5. The summed E-state index contributed by atoms with van der Waals surface area (Å²) in [6, 6.07) is 3.76. The third-order valence-corrected chi connectivity index (χ3v) is 2.00. The van der Waals surface area contributed by atoms with E-state index in [0.29, 0.717) is 24.6 Å². The Morgan fingerprint density at radius 2 is 1.93 bits per heavy atom. The predicted octanol–water partition coefficient (Wildman–Crippen LogP) is 0.983. The maximum Gasteiger partial charge on any atom is 0.218 e. The zero-order valence-corrected chi connectivity index (χ0v) is 8.22. The molecule has 80 valence electrons. The van der Waals surface area contributed by atoms with Gasteiger partial charge in [-0.3, -0.25) is 0 Å². The standard InChI is InChI=1S/C10H12N2O3/c13-6-5-10-12-11-9(15-10)4-3-8-2-1-7-14-8/h1-2,7,13H,3-6H2. The Morgan fingerprint density at radius 1 is 1.13 bits per heavy atom. The van der Waals surface area contributed by atoms with Gasteiger partial charge in [0.25, 0.3) is 0 Å². The van der Waals surface area contributed by atoms with Crippen LogP contribution in [0.5, 0.6) is 0 Å². The minimum absolute atomic E-state index is 0.0276. The van der Waals surface area contributed by atoms with Crippen LogP contribution < -0.4 is 0 Å². The summed E-state index contributed by atoms with van der Waals surface area (Å²) >= 11 is 0. The normalized spacial score (nSPS) is 10.7. The molecular weight excluding hydrogens is 196 g/mol. The number of rotatable bonds is 5. The average Bonchev–Trinajstić information content (AvgIpc) is 2.85. The molecule has 0 aliphatic rings. The van der Waals surface area contributed by atoms with Crippen molar-refractivity contribution in [3.8, 4) is 0 Å². The molecule has 0 aliphatic carbocycles. The highest BCUT2D eigenvalue weighted by atomic mass is 16.4. The van der Waals surface area contributed by atoms with Gasteiger partial charge in [-0.2, -0.15) is 0 Å². The summed E-state index contributed by atoms with van der Waals surface area (Å²) in [6.45, 7) is 0.0276. The molecule has 0 bridgehead atoms. The molecule has 2 rings (SSSR count). The van der Waals surface area contributed by atoms with Gasteiger partial charge in [-0.05, 0) is 12.1 Å². The molecule has 0 unspecified atom stereocenters. The molecular formula is C10H12N2O3. The van der Waals surface area contributed by atoms with Crippen LogP contribution in [0.2, 0.25) is 0 Å². The fourth-order valence-corrected chi connectivity index (χ4v) is 1.27. The van der Waals surface area contributed by atoms with E-state index in [1.807, 2.05) is 12.1 Å². The first-order valence-corrected chi connectivity index (χ1v) is 4.83. The van der Waals surface area contributed by atoms with Crippen molar-refractivity contribution < 1.29 is 13.9 Å². The van der Waals surface area contributed by atoms with E-state index >= 15 is 0 Å². The van der Waals surface area contributed by atoms with Crippen LogP contribution in [0, 0.1) is 0 Å². The minimum Gasteiger partial charge on any atom is -0.469 e. The number of aryl methyl sites for hydroxylation is 2. The van der Waals surface area contributed by atoms with Gasteiger partial charge in [0.05, 0.1) is 12.9 Å². The number of hydrogen-bond donors (Lipinski definition) is 1. The first-order chi connectivity index (χ1) is 7.38. The molecule has 5 nitrogen and oxygen atoms in total. The SMILES string of the molecule is OCCc1nnc(CCc2ccco2)o1. The lowest BCUT2D eigenvalue weighted by molar-refractivity contribution is 0.283. The van der Waals surface area contributed by atoms with E-state index < -0.39 is 0 Å². The fraction of sp³-hybridized carbons (Fsp3) is 0.400. The van der Waals surface area contributed by atoms with Crippen molar-refractivity contribution >= 4 is 0 Å². The molecule has 0 aliphatic heterocycles.